The number of halogens is 4. The van der Waals surface area contributed by atoms with Crippen molar-refractivity contribution < 1.29 is 4.39 Å². The Hall–Kier alpha value is -1.28. The lowest BCUT2D eigenvalue weighted by Crippen LogP contribution is -1.94. The van der Waals surface area contributed by atoms with Crippen LogP contribution in [0.25, 0.3) is 0 Å². The first kappa shape index (κ1) is 14.1. The van der Waals surface area contributed by atoms with Gasteiger partial charge in [0.15, 0.2) is 0 Å². The maximum Gasteiger partial charge on any atom is 0.126 e. The Morgan fingerprint density at radius 1 is 1.16 bits per heavy atom. The summed E-state index contributed by atoms with van der Waals surface area (Å²) in [5.74, 6) is -0.499. The molecular formula is C13H6BrCl2FN2. The van der Waals surface area contributed by atoms with Crippen LogP contribution in [0.2, 0.25) is 10.0 Å². The topological polar surface area (TPSA) is 35.8 Å². The molecule has 0 aliphatic heterocycles. The molecule has 2 rings (SSSR count). The van der Waals surface area contributed by atoms with Crippen molar-refractivity contribution in [2.75, 3.05) is 5.32 Å². The van der Waals surface area contributed by atoms with Crippen LogP contribution >= 0.6 is 39.1 Å². The third kappa shape index (κ3) is 3.19. The van der Waals surface area contributed by atoms with Gasteiger partial charge in [0.25, 0.3) is 0 Å². The summed E-state index contributed by atoms with van der Waals surface area (Å²) in [6, 6.07) is 9.47. The monoisotopic (exact) mass is 358 g/mol. The van der Waals surface area contributed by atoms with Crippen LogP contribution in [0.5, 0.6) is 0 Å². The van der Waals surface area contributed by atoms with E-state index in [-0.39, 0.29) is 10.0 Å². The summed E-state index contributed by atoms with van der Waals surface area (Å²) in [4.78, 5) is 0. The lowest BCUT2D eigenvalue weighted by molar-refractivity contribution is 0.628. The Balaban J connectivity index is 2.37. The first-order chi connectivity index (χ1) is 9.01. The number of rotatable bonds is 2. The fourth-order valence-corrected chi connectivity index (χ4v) is 2.51. The molecule has 2 nitrogen and oxygen atoms in total. The zero-order valence-electron chi connectivity index (χ0n) is 9.35. The van der Waals surface area contributed by atoms with Crippen LogP contribution in [-0.2, 0) is 0 Å². The van der Waals surface area contributed by atoms with Gasteiger partial charge in [-0.3, -0.25) is 0 Å². The van der Waals surface area contributed by atoms with E-state index in [0.717, 1.165) is 0 Å². The van der Waals surface area contributed by atoms with E-state index in [2.05, 4.69) is 21.2 Å². The van der Waals surface area contributed by atoms with Gasteiger partial charge in [-0.2, -0.15) is 5.26 Å². The Bertz CT molecular complexity index is 660. The van der Waals surface area contributed by atoms with Crippen molar-refractivity contribution in [3.05, 3.63) is 56.2 Å². The number of hydrogen-bond acceptors (Lipinski definition) is 2. The van der Waals surface area contributed by atoms with E-state index >= 15 is 0 Å². The van der Waals surface area contributed by atoms with E-state index in [4.69, 9.17) is 28.5 Å². The summed E-state index contributed by atoms with van der Waals surface area (Å²) in [5, 5.41) is 12.2. The van der Waals surface area contributed by atoms with Crippen molar-refractivity contribution in [1.82, 2.24) is 0 Å². The molecule has 2 aromatic rings. The summed E-state index contributed by atoms with van der Waals surface area (Å²) in [6.45, 7) is 0. The normalized spacial score (nSPS) is 10.1. The highest BCUT2D eigenvalue weighted by atomic mass is 79.9. The molecule has 0 amide bonds. The maximum atomic E-state index is 13.1. The third-order valence-electron chi connectivity index (χ3n) is 2.37. The first-order valence-electron chi connectivity index (χ1n) is 5.12. The average molecular weight is 360 g/mol. The Kier molecular flexibility index (Phi) is 4.31. The van der Waals surface area contributed by atoms with Gasteiger partial charge in [-0.05, 0) is 46.3 Å². The van der Waals surface area contributed by atoms with Crippen LogP contribution in [0.3, 0.4) is 0 Å². The van der Waals surface area contributed by atoms with Gasteiger partial charge in [0, 0.05) is 10.2 Å². The minimum Gasteiger partial charge on any atom is -0.353 e. The maximum absolute atomic E-state index is 13.1. The highest BCUT2D eigenvalue weighted by Gasteiger charge is 2.09. The van der Waals surface area contributed by atoms with E-state index in [1.165, 1.54) is 12.1 Å². The number of hydrogen-bond donors (Lipinski definition) is 1. The standard InChI is InChI=1S/C13H6BrCl2FN2/c14-10-5-9(2-1-7(10)6-18)19-13-11(15)3-8(17)4-12(13)16/h1-5,19H. The van der Waals surface area contributed by atoms with Crippen molar-refractivity contribution in [3.63, 3.8) is 0 Å². The van der Waals surface area contributed by atoms with Gasteiger partial charge in [0.2, 0.25) is 0 Å². The number of anilines is 2. The van der Waals surface area contributed by atoms with Crippen LogP contribution in [0, 0.1) is 17.1 Å². The fraction of sp³-hybridized carbons (Fsp3) is 0. The summed E-state index contributed by atoms with van der Waals surface area (Å²) < 4.78 is 13.7. The molecule has 6 heteroatoms. The van der Waals surface area contributed by atoms with Crippen molar-refractivity contribution in [1.29, 1.82) is 5.26 Å². The van der Waals surface area contributed by atoms with Crippen molar-refractivity contribution in [3.8, 4) is 6.07 Å². The van der Waals surface area contributed by atoms with Gasteiger partial charge < -0.3 is 5.32 Å². The van der Waals surface area contributed by atoms with E-state index < -0.39 is 5.82 Å². The molecule has 19 heavy (non-hydrogen) atoms. The van der Waals surface area contributed by atoms with E-state index in [0.29, 0.717) is 21.4 Å². The molecule has 0 spiro atoms. The highest BCUT2D eigenvalue weighted by Crippen LogP contribution is 2.34. The molecule has 0 fully saturated rings. The van der Waals surface area contributed by atoms with Gasteiger partial charge in [-0.1, -0.05) is 23.2 Å². The SMILES string of the molecule is N#Cc1ccc(Nc2c(Cl)cc(F)cc2Cl)cc1Br. The second-order valence-corrected chi connectivity index (χ2v) is 5.34. The van der Waals surface area contributed by atoms with Gasteiger partial charge in [0.1, 0.15) is 11.9 Å². The minimum atomic E-state index is -0.499. The van der Waals surface area contributed by atoms with Gasteiger partial charge in [-0.25, -0.2) is 4.39 Å². The zero-order chi connectivity index (χ0) is 14.0. The molecule has 0 unspecified atom stereocenters. The van der Waals surface area contributed by atoms with Gasteiger partial charge >= 0.3 is 0 Å². The number of nitriles is 1. The van der Waals surface area contributed by atoms with Gasteiger partial charge in [0.05, 0.1) is 21.3 Å². The molecule has 2 aromatic carbocycles. The second-order valence-electron chi connectivity index (χ2n) is 3.68. The van der Waals surface area contributed by atoms with Crippen LogP contribution in [-0.4, -0.2) is 0 Å². The first-order valence-corrected chi connectivity index (χ1v) is 6.67. The molecule has 1 N–H and O–H groups in total. The predicted molar refractivity (Wildman–Crippen MR) is 78.6 cm³/mol. The average Bonchev–Trinajstić information content (AvgIpc) is 2.34. The predicted octanol–water partition coefficient (Wildman–Crippen LogP) is 5.51. The molecule has 96 valence electrons. The van der Waals surface area contributed by atoms with E-state index in [9.17, 15) is 4.39 Å². The molecule has 0 saturated carbocycles. The van der Waals surface area contributed by atoms with Crippen molar-refractivity contribution >= 4 is 50.5 Å². The molecule has 0 aromatic heterocycles. The lowest BCUT2D eigenvalue weighted by atomic mass is 10.2. The summed E-state index contributed by atoms with van der Waals surface area (Å²) in [5.41, 5.74) is 1.62. The van der Waals surface area contributed by atoms with Crippen LogP contribution < -0.4 is 5.32 Å². The molecule has 0 saturated heterocycles. The largest absolute Gasteiger partial charge is 0.353 e. The Morgan fingerprint density at radius 2 is 1.79 bits per heavy atom. The fourth-order valence-electron chi connectivity index (χ4n) is 1.49. The van der Waals surface area contributed by atoms with Crippen molar-refractivity contribution in [2.24, 2.45) is 0 Å². The van der Waals surface area contributed by atoms with Crippen LogP contribution in [0.1, 0.15) is 5.56 Å². The van der Waals surface area contributed by atoms with Crippen molar-refractivity contribution in [2.45, 2.75) is 0 Å². The Labute approximate surface area is 127 Å². The molecule has 0 aliphatic carbocycles. The molecule has 0 heterocycles. The van der Waals surface area contributed by atoms with Crippen LogP contribution in [0.4, 0.5) is 15.8 Å². The van der Waals surface area contributed by atoms with E-state index in [1.54, 1.807) is 18.2 Å². The molecule has 0 bridgehead atoms. The summed E-state index contributed by atoms with van der Waals surface area (Å²) in [6.07, 6.45) is 0. The number of benzene rings is 2. The summed E-state index contributed by atoms with van der Waals surface area (Å²) >= 11 is 15.1. The highest BCUT2D eigenvalue weighted by molar-refractivity contribution is 9.10. The molecule has 0 atom stereocenters. The Morgan fingerprint density at radius 3 is 2.32 bits per heavy atom. The third-order valence-corrected chi connectivity index (χ3v) is 3.62. The van der Waals surface area contributed by atoms with Gasteiger partial charge in [-0.15, -0.1) is 0 Å². The quantitative estimate of drug-likeness (QED) is 0.767. The lowest BCUT2D eigenvalue weighted by Gasteiger charge is -2.11. The number of nitrogens with zero attached hydrogens (tertiary/aromatic N) is 1. The smallest absolute Gasteiger partial charge is 0.126 e. The molecule has 0 aliphatic rings. The molecule has 0 radical (unpaired) electrons. The summed E-state index contributed by atoms with van der Waals surface area (Å²) in [7, 11) is 0. The molecular weight excluding hydrogens is 354 g/mol. The number of nitrogens with one attached hydrogen (secondary N) is 1. The zero-order valence-corrected chi connectivity index (χ0v) is 12.4. The minimum absolute atomic E-state index is 0.186. The van der Waals surface area contributed by atoms with Crippen LogP contribution in [0.15, 0.2) is 34.8 Å². The second kappa shape index (κ2) is 5.79. The van der Waals surface area contributed by atoms with E-state index in [1.807, 2.05) is 6.07 Å².